The minimum absolute atomic E-state index is 0.316. The summed E-state index contributed by atoms with van der Waals surface area (Å²) in [7, 11) is 0. The molecule has 0 atom stereocenters. The largest absolute Gasteiger partial charge is 0.481 e. The number of carboxylic acids is 1. The Morgan fingerprint density at radius 1 is 1.29 bits per heavy atom. The molecule has 0 fully saturated rings. The van der Waals surface area contributed by atoms with Gasteiger partial charge < -0.3 is 9.84 Å². The van der Waals surface area contributed by atoms with Crippen LogP contribution >= 0.6 is 0 Å². The Morgan fingerprint density at radius 3 is 2.14 bits per heavy atom. The summed E-state index contributed by atoms with van der Waals surface area (Å²) < 4.78 is 4.39. The van der Waals surface area contributed by atoms with Crippen molar-refractivity contribution < 1.29 is 19.4 Å². The molecule has 0 heterocycles. The van der Waals surface area contributed by atoms with Gasteiger partial charge in [-0.15, -0.1) is 0 Å². The normalized spacial score (nSPS) is 8.43. The minimum Gasteiger partial charge on any atom is -0.481 e. The Hall–Kier alpha value is -1.06. The molecule has 0 aliphatic heterocycles. The van der Waals surface area contributed by atoms with Crippen molar-refractivity contribution in [3.05, 3.63) is 0 Å². The average Bonchev–Trinajstić information content (AvgIpc) is 2.16. The summed E-state index contributed by atoms with van der Waals surface area (Å²) in [6, 6.07) is 0. The van der Waals surface area contributed by atoms with Crippen LogP contribution in [0.1, 0.15) is 46.0 Å². The molecule has 0 aromatic carbocycles. The van der Waals surface area contributed by atoms with Gasteiger partial charge in [-0.3, -0.25) is 9.59 Å². The first-order valence-corrected chi connectivity index (χ1v) is 4.96. The Kier molecular flexibility index (Phi) is 15.9. The average molecular weight is 204 g/mol. The second-order valence-electron chi connectivity index (χ2n) is 2.82. The van der Waals surface area contributed by atoms with Crippen LogP contribution in [0.5, 0.6) is 0 Å². The van der Waals surface area contributed by atoms with E-state index < -0.39 is 5.97 Å². The highest BCUT2D eigenvalue weighted by Gasteiger charge is 1.90. The molecule has 0 spiro atoms. The molecule has 84 valence electrons. The topological polar surface area (TPSA) is 63.6 Å². The van der Waals surface area contributed by atoms with Crippen molar-refractivity contribution in [1.29, 1.82) is 0 Å². The van der Waals surface area contributed by atoms with Crippen molar-refractivity contribution in [2.24, 2.45) is 0 Å². The second kappa shape index (κ2) is 14.5. The van der Waals surface area contributed by atoms with E-state index in [1.807, 2.05) is 13.8 Å². The van der Waals surface area contributed by atoms with Crippen LogP contribution in [0.2, 0.25) is 0 Å². The lowest BCUT2D eigenvalue weighted by atomic mass is 10.3. The van der Waals surface area contributed by atoms with Gasteiger partial charge in [-0.1, -0.05) is 26.7 Å². The highest BCUT2D eigenvalue weighted by Crippen LogP contribution is 1.91. The molecule has 0 unspecified atom stereocenters. The molecule has 0 aliphatic carbocycles. The second-order valence-corrected chi connectivity index (χ2v) is 2.82. The summed E-state index contributed by atoms with van der Waals surface area (Å²) in [5.74, 6) is -0.693. The van der Waals surface area contributed by atoms with Crippen molar-refractivity contribution in [3.8, 4) is 0 Å². The van der Waals surface area contributed by atoms with Crippen molar-refractivity contribution in [2.75, 3.05) is 6.61 Å². The van der Waals surface area contributed by atoms with E-state index in [4.69, 9.17) is 5.11 Å². The fourth-order valence-electron chi connectivity index (χ4n) is 0.604. The quantitative estimate of drug-likeness (QED) is 0.510. The van der Waals surface area contributed by atoms with Crippen molar-refractivity contribution in [3.63, 3.8) is 0 Å². The molecule has 0 saturated carbocycles. The summed E-state index contributed by atoms with van der Waals surface area (Å²) in [5.41, 5.74) is 0. The third kappa shape index (κ3) is 22.4. The number of carbonyl (C=O) groups excluding carboxylic acids is 1. The summed E-state index contributed by atoms with van der Waals surface area (Å²) in [5, 5.41) is 8.04. The smallest absolute Gasteiger partial charge is 0.303 e. The monoisotopic (exact) mass is 204 g/mol. The van der Waals surface area contributed by atoms with Crippen LogP contribution in [0.4, 0.5) is 0 Å². The number of hydrogen-bond acceptors (Lipinski definition) is 3. The summed E-state index contributed by atoms with van der Waals surface area (Å²) >= 11 is 0. The van der Waals surface area contributed by atoms with E-state index >= 15 is 0 Å². The van der Waals surface area contributed by atoms with Gasteiger partial charge in [0.05, 0.1) is 6.61 Å². The highest BCUT2D eigenvalue weighted by atomic mass is 16.5. The fourth-order valence-corrected chi connectivity index (χ4v) is 0.604. The zero-order valence-corrected chi connectivity index (χ0v) is 8.99. The van der Waals surface area contributed by atoms with Gasteiger partial charge in [0.1, 0.15) is 0 Å². The first-order valence-electron chi connectivity index (χ1n) is 4.96. The molecule has 0 rings (SSSR count). The molecule has 0 radical (unpaired) electrons. The molecule has 0 aliphatic rings. The Morgan fingerprint density at radius 2 is 1.86 bits per heavy atom. The number of hydrogen-bond donors (Lipinski definition) is 1. The van der Waals surface area contributed by atoms with E-state index in [0.717, 1.165) is 25.7 Å². The van der Waals surface area contributed by atoms with E-state index in [0.29, 0.717) is 19.5 Å². The van der Waals surface area contributed by atoms with Gasteiger partial charge >= 0.3 is 5.97 Å². The zero-order valence-electron chi connectivity index (χ0n) is 8.99. The molecule has 0 aromatic rings. The Bertz CT molecular complexity index is 134. The van der Waals surface area contributed by atoms with Crippen molar-refractivity contribution in [1.82, 2.24) is 0 Å². The molecule has 0 bridgehead atoms. The highest BCUT2D eigenvalue weighted by molar-refractivity contribution is 5.66. The van der Waals surface area contributed by atoms with Crippen LogP contribution in [0.3, 0.4) is 0 Å². The number of unbranched alkanes of at least 4 members (excludes halogenated alkanes) is 2. The molecule has 14 heavy (non-hydrogen) atoms. The third-order valence-electron chi connectivity index (χ3n) is 1.43. The molecule has 0 saturated heterocycles. The minimum atomic E-state index is -0.693. The van der Waals surface area contributed by atoms with Crippen molar-refractivity contribution in [2.45, 2.75) is 46.0 Å². The number of ether oxygens (including phenoxy) is 1. The molecule has 0 aromatic heterocycles. The SMILES string of the molecule is CCCCC(=O)O.CCCCOC=O. The van der Waals surface area contributed by atoms with Gasteiger partial charge in [0.25, 0.3) is 6.47 Å². The molecule has 1 N–H and O–H groups in total. The maximum Gasteiger partial charge on any atom is 0.303 e. The first kappa shape index (κ1) is 15.4. The van der Waals surface area contributed by atoms with E-state index in [1.54, 1.807) is 0 Å². The van der Waals surface area contributed by atoms with Gasteiger partial charge in [0, 0.05) is 6.42 Å². The predicted octanol–water partition coefficient (Wildman–Crippen LogP) is 2.22. The molecular weight excluding hydrogens is 184 g/mol. The van der Waals surface area contributed by atoms with Crippen LogP contribution < -0.4 is 0 Å². The number of carbonyl (C=O) groups is 2. The molecule has 4 heteroatoms. The standard InChI is InChI=1S/2C5H10O2/c1-2-3-4-7-5-6;1-2-3-4-5(6)7/h5H,2-4H2,1H3;2-4H2,1H3,(H,6,7). The first-order chi connectivity index (χ1) is 6.68. The predicted molar refractivity (Wildman–Crippen MR) is 54.1 cm³/mol. The number of aliphatic carboxylic acids is 1. The Labute approximate surface area is 85.3 Å². The summed E-state index contributed by atoms with van der Waals surface area (Å²) in [6.07, 6.45) is 4.13. The Balaban J connectivity index is 0. The van der Waals surface area contributed by atoms with Crippen LogP contribution in [0, 0.1) is 0 Å². The summed E-state index contributed by atoms with van der Waals surface area (Å²) in [6.45, 7) is 5.08. The zero-order chi connectivity index (χ0) is 11.2. The van der Waals surface area contributed by atoms with E-state index in [1.165, 1.54) is 0 Å². The van der Waals surface area contributed by atoms with E-state index in [-0.39, 0.29) is 0 Å². The maximum absolute atomic E-state index is 9.76. The van der Waals surface area contributed by atoms with Gasteiger partial charge in [-0.25, -0.2) is 0 Å². The third-order valence-corrected chi connectivity index (χ3v) is 1.43. The molecular formula is C10H20O4. The fraction of sp³-hybridized carbons (Fsp3) is 0.800. The van der Waals surface area contributed by atoms with Crippen molar-refractivity contribution >= 4 is 12.4 Å². The van der Waals surface area contributed by atoms with Gasteiger partial charge in [-0.2, -0.15) is 0 Å². The van der Waals surface area contributed by atoms with E-state index in [2.05, 4.69) is 4.74 Å². The lowest BCUT2D eigenvalue weighted by Crippen LogP contribution is -1.91. The van der Waals surface area contributed by atoms with Gasteiger partial charge in [0.2, 0.25) is 0 Å². The van der Waals surface area contributed by atoms with Crippen LogP contribution in [-0.4, -0.2) is 24.2 Å². The molecule has 0 amide bonds. The maximum atomic E-state index is 9.76. The number of carboxylic acid groups (broad SMARTS) is 1. The van der Waals surface area contributed by atoms with E-state index in [9.17, 15) is 9.59 Å². The number of rotatable bonds is 7. The lowest BCUT2D eigenvalue weighted by molar-refractivity contribution is -0.137. The molecule has 4 nitrogen and oxygen atoms in total. The van der Waals surface area contributed by atoms with Crippen LogP contribution in [-0.2, 0) is 14.3 Å². The van der Waals surface area contributed by atoms with Crippen LogP contribution in [0.15, 0.2) is 0 Å². The van der Waals surface area contributed by atoms with Gasteiger partial charge in [-0.05, 0) is 12.8 Å². The summed E-state index contributed by atoms with van der Waals surface area (Å²) in [4.78, 5) is 19.2. The van der Waals surface area contributed by atoms with Crippen LogP contribution in [0.25, 0.3) is 0 Å². The lowest BCUT2D eigenvalue weighted by Gasteiger charge is -1.90. The van der Waals surface area contributed by atoms with Gasteiger partial charge in [0.15, 0.2) is 0 Å².